The van der Waals surface area contributed by atoms with Gasteiger partial charge in [0.1, 0.15) is 17.4 Å². The van der Waals surface area contributed by atoms with Gasteiger partial charge in [0.25, 0.3) is 0 Å². The van der Waals surface area contributed by atoms with Crippen molar-refractivity contribution < 1.29 is 19.0 Å². The normalized spacial score (nSPS) is 11.5. The minimum atomic E-state index is -0.964. The number of hydrogen-bond acceptors (Lipinski definition) is 5. The first-order valence-electron chi connectivity index (χ1n) is 5.84. The van der Waals surface area contributed by atoms with E-state index in [0.717, 1.165) is 0 Å². The van der Waals surface area contributed by atoms with Gasteiger partial charge >= 0.3 is 5.97 Å². The van der Waals surface area contributed by atoms with Gasteiger partial charge in [0.2, 0.25) is 0 Å². The van der Waals surface area contributed by atoms with Gasteiger partial charge in [-0.15, -0.1) is 0 Å². The summed E-state index contributed by atoms with van der Waals surface area (Å²) in [5.41, 5.74) is 0.163. The van der Waals surface area contributed by atoms with Crippen LogP contribution in [0.2, 0.25) is 0 Å². The summed E-state index contributed by atoms with van der Waals surface area (Å²) < 4.78 is 18.0. The van der Waals surface area contributed by atoms with E-state index in [4.69, 9.17) is 5.26 Å². The zero-order valence-electron chi connectivity index (χ0n) is 10.5. The van der Waals surface area contributed by atoms with Crippen LogP contribution in [0.15, 0.2) is 18.2 Å². The van der Waals surface area contributed by atoms with E-state index < -0.39 is 17.9 Å². The Labute approximate surface area is 110 Å². The number of nitriles is 1. The lowest BCUT2D eigenvalue weighted by molar-refractivity contribution is -0.145. The molecular formula is C13H15FN2O3. The third kappa shape index (κ3) is 4.56. The monoisotopic (exact) mass is 266 g/mol. The maximum absolute atomic E-state index is 13.3. The number of nitrogens with one attached hydrogen (secondary N) is 1. The Morgan fingerprint density at radius 3 is 3.00 bits per heavy atom. The van der Waals surface area contributed by atoms with Gasteiger partial charge in [-0.2, -0.15) is 5.26 Å². The number of benzene rings is 1. The van der Waals surface area contributed by atoms with Crippen LogP contribution in [0, 0.1) is 17.1 Å². The fourth-order valence-corrected chi connectivity index (χ4v) is 1.50. The number of rotatable bonds is 6. The Bertz CT molecular complexity index is 485. The topological polar surface area (TPSA) is 82.3 Å². The summed E-state index contributed by atoms with van der Waals surface area (Å²) in [6, 6.07) is 5.90. The van der Waals surface area contributed by atoms with Gasteiger partial charge < -0.3 is 15.2 Å². The van der Waals surface area contributed by atoms with Crippen LogP contribution in [0.5, 0.6) is 0 Å². The molecule has 6 heteroatoms. The molecule has 2 N–H and O–H groups in total. The van der Waals surface area contributed by atoms with Crippen LogP contribution in [0.3, 0.4) is 0 Å². The summed E-state index contributed by atoms with van der Waals surface area (Å²) in [5, 5.41) is 21.1. The lowest BCUT2D eigenvalue weighted by atomic mass is 10.1. The molecule has 0 amide bonds. The first-order chi connectivity index (χ1) is 9.08. The van der Waals surface area contributed by atoms with Gasteiger partial charge in [0.15, 0.2) is 0 Å². The number of halogens is 1. The van der Waals surface area contributed by atoms with E-state index in [0.29, 0.717) is 0 Å². The third-order valence-corrected chi connectivity index (χ3v) is 2.36. The van der Waals surface area contributed by atoms with Crippen molar-refractivity contribution in [3.05, 3.63) is 29.6 Å². The fraction of sp³-hybridized carbons (Fsp3) is 0.385. The Morgan fingerprint density at radius 2 is 2.37 bits per heavy atom. The van der Waals surface area contributed by atoms with Crippen molar-refractivity contribution in [1.82, 2.24) is 0 Å². The number of aliphatic hydroxyl groups excluding tert-OH is 1. The second kappa shape index (κ2) is 7.34. The predicted molar refractivity (Wildman–Crippen MR) is 66.9 cm³/mol. The van der Waals surface area contributed by atoms with E-state index in [1.165, 1.54) is 18.2 Å². The molecule has 5 nitrogen and oxygen atoms in total. The van der Waals surface area contributed by atoms with E-state index in [9.17, 15) is 14.3 Å². The number of nitrogens with zero attached hydrogens (tertiary/aromatic N) is 1. The van der Waals surface area contributed by atoms with Crippen molar-refractivity contribution in [2.24, 2.45) is 0 Å². The van der Waals surface area contributed by atoms with Gasteiger partial charge in [-0.3, -0.25) is 4.79 Å². The second-order valence-electron chi connectivity index (χ2n) is 3.82. The lowest BCUT2D eigenvalue weighted by Gasteiger charge is -2.13. The summed E-state index contributed by atoms with van der Waals surface area (Å²) in [7, 11) is 0. The van der Waals surface area contributed by atoms with Crippen LogP contribution >= 0.6 is 0 Å². The highest BCUT2D eigenvalue weighted by Crippen LogP contribution is 2.17. The molecule has 0 spiro atoms. The highest BCUT2D eigenvalue weighted by atomic mass is 19.1. The van der Waals surface area contributed by atoms with Crippen molar-refractivity contribution >= 4 is 11.7 Å². The van der Waals surface area contributed by atoms with Crippen molar-refractivity contribution in [3.8, 4) is 6.07 Å². The molecule has 0 saturated carbocycles. The fourth-order valence-electron chi connectivity index (χ4n) is 1.50. The maximum atomic E-state index is 13.3. The summed E-state index contributed by atoms with van der Waals surface area (Å²) >= 11 is 0. The Balaban J connectivity index is 2.56. The standard InChI is InChI=1S/C13H15FN2O3/c1-2-19-13(18)6-9(17)8-16-12-5-3-4-11(14)10(12)7-15/h3-5,9,16-17H,2,6,8H2,1H3. The molecule has 0 bridgehead atoms. The molecule has 19 heavy (non-hydrogen) atoms. The molecule has 1 rings (SSSR count). The van der Waals surface area contributed by atoms with Crippen LogP contribution in [0.4, 0.5) is 10.1 Å². The van der Waals surface area contributed by atoms with Gasteiger partial charge in [0, 0.05) is 6.54 Å². The molecule has 102 valence electrons. The van der Waals surface area contributed by atoms with E-state index in [2.05, 4.69) is 10.1 Å². The molecule has 1 atom stereocenters. The third-order valence-electron chi connectivity index (χ3n) is 2.36. The zero-order valence-corrected chi connectivity index (χ0v) is 10.5. The van der Waals surface area contributed by atoms with Gasteiger partial charge in [0.05, 0.1) is 24.8 Å². The second-order valence-corrected chi connectivity index (χ2v) is 3.82. The smallest absolute Gasteiger partial charge is 0.308 e. The van der Waals surface area contributed by atoms with E-state index in [-0.39, 0.29) is 30.8 Å². The first-order valence-corrected chi connectivity index (χ1v) is 5.84. The Kier molecular flexibility index (Phi) is 5.76. The molecule has 0 fully saturated rings. The molecule has 0 aliphatic rings. The summed E-state index contributed by atoms with van der Waals surface area (Å²) in [4.78, 5) is 11.1. The quantitative estimate of drug-likeness (QED) is 0.761. The SMILES string of the molecule is CCOC(=O)CC(O)CNc1cccc(F)c1C#N. The summed E-state index contributed by atoms with van der Waals surface area (Å²) in [5.74, 6) is -1.14. The Morgan fingerprint density at radius 1 is 1.63 bits per heavy atom. The molecule has 0 saturated heterocycles. The van der Waals surface area contributed by atoms with E-state index in [1.807, 2.05) is 0 Å². The number of carbonyl (C=O) groups excluding carboxylic acids is 1. The number of carbonyl (C=O) groups is 1. The largest absolute Gasteiger partial charge is 0.466 e. The number of aliphatic hydroxyl groups is 1. The van der Waals surface area contributed by atoms with E-state index >= 15 is 0 Å². The minimum absolute atomic E-state index is 0.0247. The van der Waals surface area contributed by atoms with Crippen molar-refractivity contribution in [2.75, 3.05) is 18.5 Å². The lowest BCUT2D eigenvalue weighted by Crippen LogP contribution is -2.24. The van der Waals surface area contributed by atoms with Crippen molar-refractivity contribution in [2.45, 2.75) is 19.4 Å². The van der Waals surface area contributed by atoms with Crippen LogP contribution in [0.1, 0.15) is 18.9 Å². The van der Waals surface area contributed by atoms with Crippen LogP contribution < -0.4 is 5.32 Å². The number of esters is 1. The molecule has 0 aliphatic heterocycles. The van der Waals surface area contributed by atoms with Crippen LogP contribution in [-0.2, 0) is 9.53 Å². The molecule has 1 unspecified atom stereocenters. The summed E-state index contributed by atoms with van der Waals surface area (Å²) in [6.07, 6.45) is -1.12. The van der Waals surface area contributed by atoms with Crippen LogP contribution in [-0.4, -0.2) is 30.3 Å². The molecule has 0 aromatic heterocycles. The molecular weight excluding hydrogens is 251 g/mol. The summed E-state index contributed by atoms with van der Waals surface area (Å²) in [6.45, 7) is 1.95. The Hall–Kier alpha value is -2.13. The minimum Gasteiger partial charge on any atom is -0.466 e. The molecule has 1 aromatic rings. The number of ether oxygens (including phenoxy) is 1. The first kappa shape index (κ1) is 14.9. The van der Waals surface area contributed by atoms with Gasteiger partial charge in [-0.1, -0.05) is 6.07 Å². The highest BCUT2D eigenvalue weighted by Gasteiger charge is 2.13. The zero-order chi connectivity index (χ0) is 14.3. The molecule has 0 radical (unpaired) electrons. The molecule has 1 aromatic carbocycles. The molecule has 0 heterocycles. The van der Waals surface area contributed by atoms with Crippen molar-refractivity contribution in [3.63, 3.8) is 0 Å². The van der Waals surface area contributed by atoms with Crippen molar-refractivity contribution in [1.29, 1.82) is 5.26 Å². The predicted octanol–water partition coefficient (Wildman–Crippen LogP) is 1.42. The number of anilines is 1. The average molecular weight is 266 g/mol. The number of hydrogen-bond donors (Lipinski definition) is 2. The van der Waals surface area contributed by atoms with Gasteiger partial charge in [-0.05, 0) is 19.1 Å². The average Bonchev–Trinajstić information content (AvgIpc) is 2.36. The molecule has 0 aliphatic carbocycles. The van der Waals surface area contributed by atoms with Crippen LogP contribution in [0.25, 0.3) is 0 Å². The maximum Gasteiger partial charge on any atom is 0.308 e. The highest BCUT2D eigenvalue weighted by molar-refractivity contribution is 5.70. The van der Waals surface area contributed by atoms with Gasteiger partial charge in [-0.25, -0.2) is 4.39 Å². The van der Waals surface area contributed by atoms with E-state index in [1.54, 1.807) is 13.0 Å².